The molecule has 18 heavy (non-hydrogen) atoms. The normalized spacial score (nSPS) is 10.4. The van der Waals surface area contributed by atoms with Crippen LogP contribution in [0, 0.1) is 5.82 Å². The highest BCUT2D eigenvalue weighted by molar-refractivity contribution is 5.88. The van der Waals surface area contributed by atoms with Crippen LogP contribution in [-0.4, -0.2) is 28.1 Å². The molecule has 0 fully saturated rings. The predicted molar refractivity (Wildman–Crippen MR) is 62.0 cm³/mol. The average molecular weight is 249 g/mol. The molecule has 0 N–H and O–H groups in total. The van der Waals surface area contributed by atoms with E-state index in [1.807, 2.05) is 6.92 Å². The minimum atomic E-state index is -0.528. The van der Waals surface area contributed by atoms with Gasteiger partial charge in [0, 0.05) is 0 Å². The molecule has 0 aliphatic carbocycles. The molecule has 94 valence electrons. The van der Waals surface area contributed by atoms with Crippen LogP contribution in [0.3, 0.4) is 0 Å². The highest BCUT2D eigenvalue weighted by Crippen LogP contribution is 2.14. The van der Waals surface area contributed by atoms with E-state index in [-0.39, 0.29) is 11.5 Å². The van der Waals surface area contributed by atoms with Gasteiger partial charge in [-0.3, -0.25) is 0 Å². The number of hydrogen-bond acceptors (Lipinski definition) is 4. The van der Waals surface area contributed by atoms with E-state index >= 15 is 0 Å². The molecule has 0 spiro atoms. The number of esters is 1. The minimum absolute atomic E-state index is 0.185. The molecule has 1 heterocycles. The van der Waals surface area contributed by atoms with Crippen molar-refractivity contribution in [2.75, 3.05) is 7.11 Å². The first kappa shape index (κ1) is 12.2. The van der Waals surface area contributed by atoms with Crippen molar-refractivity contribution in [1.82, 2.24) is 15.0 Å². The van der Waals surface area contributed by atoms with Gasteiger partial charge in [-0.05, 0) is 30.7 Å². The molecule has 5 nitrogen and oxygen atoms in total. The van der Waals surface area contributed by atoms with Gasteiger partial charge < -0.3 is 4.74 Å². The monoisotopic (exact) mass is 249 g/mol. The third-order valence-corrected chi connectivity index (χ3v) is 2.55. The maximum Gasteiger partial charge on any atom is 0.360 e. The number of hydrogen-bond donors (Lipinski definition) is 0. The van der Waals surface area contributed by atoms with Gasteiger partial charge >= 0.3 is 5.97 Å². The molecule has 0 saturated heterocycles. The molecule has 0 aliphatic rings. The van der Waals surface area contributed by atoms with Crippen LogP contribution in [0.1, 0.15) is 23.1 Å². The fraction of sp³-hybridized carbons (Fsp3) is 0.250. The first-order chi connectivity index (χ1) is 8.67. The van der Waals surface area contributed by atoms with Gasteiger partial charge in [-0.25, -0.2) is 13.9 Å². The summed E-state index contributed by atoms with van der Waals surface area (Å²) in [4.78, 5) is 11.5. The number of methoxy groups -OCH3 is 1. The molecule has 1 aromatic carbocycles. The number of carbonyl (C=O) groups excluding carboxylic acids is 1. The van der Waals surface area contributed by atoms with Gasteiger partial charge in [0.05, 0.1) is 18.5 Å². The number of carbonyl (C=O) groups is 1. The van der Waals surface area contributed by atoms with E-state index < -0.39 is 5.97 Å². The molecule has 0 aliphatic heterocycles. The maximum atomic E-state index is 12.9. The molecular formula is C12H12FN3O2. The molecular weight excluding hydrogens is 237 g/mol. The Kier molecular flexibility index (Phi) is 3.36. The lowest BCUT2D eigenvalue weighted by Crippen LogP contribution is -2.07. The SMILES string of the molecule is CCc1c(C(=O)OC)nnn1-c1ccc(F)cc1. The van der Waals surface area contributed by atoms with Crippen molar-refractivity contribution in [1.29, 1.82) is 0 Å². The van der Waals surface area contributed by atoms with Gasteiger partial charge in [0.2, 0.25) is 0 Å². The second kappa shape index (κ2) is 4.95. The molecule has 2 aromatic rings. The summed E-state index contributed by atoms with van der Waals surface area (Å²) >= 11 is 0. The lowest BCUT2D eigenvalue weighted by atomic mass is 10.2. The summed E-state index contributed by atoms with van der Waals surface area (Å²) in [6, 6.07) is 5.80. The Morgan fingerprint density at radius 3 is 2.61 bits per heavy atom. The highest BCUT2D eigenvalue weighted by atomic mass is 19.1. The van der Waals surface area contributed by atoms with Gasteiger partial charge in [-0.2, -0.15) is 0 Å². The minimum Gasteiger partial charge on any atom is -0.464 e. The fourth-order valence-corrected chi connectivity index (χ4v) is 1.66. The van der Waals surface area contributed by atoms with E-state index in [0.29, 0.717) is 17.8 Å². The van der Waals surface area contributed by atoms with Gasteiger partial charge in [-0.15, -0.1) is 5.10 Å². The first-order valence-corrected chi connectivity index (χ1v) is 5.46. The predicted octanol–water partition coefficient (Wildman–Crippen LogP) is 1.76. The molecule has 0 atom stereocenters. The van der Waals surface area contributed by atoms with E-state index in [9.17, 15) is 9.18 Å². The molecule has 0 amide bonds. The second-order valence-corrected chi connectivity index (χ2v) is 3.62. The highest BCUT2D eigenvalue weighted by Gasteiger charge is 2.19. The van der Waals surface area contributed by atoms with Gasteiger partial charge in [0.1, 0.15) is 5.82 Å². The lowest BCUT2D eigenvalue weighted by molar-refractivity contribution is 0.0592. The Morgan fingerprint density at radius 1 is 1.39 bits per heavy atom. The topological polar surface area (TPSA) is 57.0 Å². The number of halogens is 1. The Labute approximate surface area is 103 Å². The summed E-state index contributed by atoms with van der Waals surface area (Å²) in [5.41, 5.74) is 1.47. The number of ether oxygens (including phenoxy) is 1. The van der Waals surface area contributed by atoms with Crippen LogP contribution < -0.4 is 0 Å². The zero-order chi connectivity index (χ0) is 13.1. The summed E-state index contributed by atoms with van der Waals surface area (Å²) in [5, 5.41) is 7.70. The van der Waals surface area contributed by atoms with Gasteiger partial charge in [0.25, 0.3) is 0 Å². The molecule has 6 heteroatoms. The molecule has 0 radical (unpaired) electrons. The number of aromatic nitrogens is 3. The smallest absolute Gasteiger partial charge is 0.360 e. The van der Waals surface area contributed by atoms with Gasteiger partial charge in [-0.1, -0.05) is 12.1 Å². The van der Waals surface area contributed by atoms with Crippen LogP contribution in [0.2, 0.25) is 0 Å². The van der Waals surface area contributed by atoms with Gasteiger partial charge in [0.15, 0.2) is 5.69 Å². The summed E-state index contributed by atoms with van der Waals surface area (Å²) < 4.78 is 19.0. The average Bonchev–Trinajstić information content (AvgIpc) is 2.82. The molecule has 0 bridgehead atoms. The molecule has 2 rings (SSSR count). The van der Waals surface area contributed by atoms with E-state index in [0.717, 1.165) is 0 Å². The fourth-order valence-electron chi connectivity index (χ4n) is 1.66. The Balaban J connectivity index is 2.48. The number of nitrogens with zero attached hydrogens (tertiary/aromatic N) is 3. The second-order valence-electron chi connectivity index (χ2n) is 3.62. The molecule has 0 unspecified atom stereocenters. The van der Waals surface area contributed by atoms with Crippen LogP contribution in [0.25, 0.3) is 5.69 Å². The Bertz CT molecular complexity index is 563. The zero-order valence-electron chi connectivity index (χ0n) is 10.1. The summed E-state index contributed by atoms with van der Waals surface area (Å²) in [6.07, 6.45) is 0.564. The number of benzene rings is 1. The van der Waals surface area contributed by atoms with Crippen molar-refractivity contribution in [3.63, 3.8) is 0 Å². The Morgan fingerprint density at radius 2 is 2.06 bits per heavy atom. The standard InChI is InChI=1S/C12H12FN3O2/c1-3-10-11(12(17)18-2)14-15-16(10)9-6-4-8(13)5-7-9/h4-7H,3H2,1-2H3. The summed E-state index contributed by atoms with van der Waals surface area (Å²) in [6.45, 7) is 1.88. The summed E-state index contributed by atoms with van der Waals surface area (Å²) in [7, 11) is 1.29. The van der Waals surface area contributed by atoms with E-state index in [4.69, 9.17) is 0 Å². The maximum absolute atomic E-state index is 12.9. The van der Waals surface area contributed by atoms with E-state index in [1.165, 1.54) is 23.9 Å². The molecule has 1 aromatic heterocycles. The van der Waals surface area contributed by atoms with Crippen molar-refractivity contribution in [2.24, 2.45) is 0 Å². The third kappa shape index (κ3) is 2.09. The van der Waals surface area contributed by atoms with Crippen LogP contribution >= 0.6 is 0 Å². The summed E-state index contributed by atoms with van der Waals surface area (Å²) in [5.74, 6) is -0.856. The van der Waals surface area contributed by atoms with Crippen LogP contribution in [0.4, 0.5) is 4.39 Å². The van der Waals surface area contributed by atoms with Crippen molar-refractivity contribution >= 4 is 5.97 Å². The van der Waals surface area contributed by atoms with Crippen molar-refractivity contribution in [3.05, 3.63) is 41.5 Å². The lowest BCUT2D eigenvalue weighted by Gasteiger charge is -2.05. The largest absolute Gasteiger partial charge is 0.464 e. The molecule has 0 saturated carbocycles. The van der Waals surface area contributed by atoms with E-state index in [2.05, 4.69) is 15.0 Å². The first-order valence-electron chi connectivity index (χ1n) is 5.46. The van der Waals surface area contributed by atoms with Crippen LogP contribution in [0.15, 0.2) is 24.3 Å². The van der Waals surface area contributed by atoms with Crippen molar-refractivity contribution in [3.8, 4) is 5.69 Å². The van der Waals surface area contributed by atoms with Crippen LogP contribution in [-0.2, 0) is 11.2 Å². The number of rotatable bonds is 3. The van der Waals surface area contributed by atoms with Crippen molar-refractivity contribution in [2.45, 2.75) is 13.3 Å². The van der Waals surface area contributed by atoms with Crippen molar-refractivity contribution < 1.29 is 13.9 Å². The zero-order valence-corrected chi connectivity index (χ0v) is 10.1. The third-order valence-electron chi connectivity index (χ3n) is 2.55. The van der Waals surface area contributed by atoms with Crippen LogP contribution in [0.5, 0.6) is 0 Å². The van der Waals surface area contributed by atoms with E-state index in [1.54, 1.807) is 12.1 Å². The quantitative estimate of drug-likeness (QED) is 0.778. The Hall–Kier alpha value is -2.24.